The van der Waals surface area contributed by atoms with E-state index in [0.29, 0.717) is 5.92 Å². The Morgan fingerprint density at radius 1 is 1.16 bits per heavy atom. The number of aryl methyl sites for hydroxylation is 1. The Labute approximate surface area is 148 Å². The number of hydrogen-bond donors (Lipinski definition) is 2. The van der Waals surface area contributed by atoms with Crippen LogP contribution in [0.2, 0.25) is 0 Å². The molecule has 1 aliphatic heterocycles. The first-order valence-corrected chi connectivity index (χ1v) is 9.33. The number of benzene rings is 2. The second kappa shape index (κ2) is 6.98. The molecule has 4 rings (SSSR count). The van der Waals surface area contributed by atoms with Crippen molar-refractivity contribution in [3.63, 3.8) is 0 Å². The van der Waals surface area contributed by atoms with E-state index < -0.39 is 6.10 Å². The summed E-state index contributed by atoms with van der Waals surface area (Å²) in [7, 11) is 0. The number of aromatic nitrogens is 2. The predicted molar refractivity (Wildman–Crippen MR) is 100 cm³/mol. The van der Waals surface area contributed by atoms with Crippen LogP contribution in [0.4, 0.5) is 0 Å². The van der Waals surface area contributed by atoms with Crippen molar-refractivity contribution >= 4 is 10.8 Å². The number of aliphatic hydroxyl groups is 1. The molecule has 25 heavy (non-hydrogen) atoms. The molecule has 130 valence electrons. The standard InChI is InChI=1S/C21H25N3O/c1-2-24-14-19(20(25)16-10-12-22-13-11-16)23-21(24)18-9-5-7-15-6-3-4-8-17(15)18/h3-9,14,16,20,22,25H,2,10-13H2,1H3/p+1. The van der Waals surface area contributed by atoms with Crippen molar-refractivity contribution in [1.82, 2.24) is 9.55 Å². The lowest BCUT2D eigenvalue weighted by molar-refractivity contribution is -0.665. The Morgan fingerprint density at radius 2 is 1.92 bits per heavy atom. The number of aliphatic hydroxyl groups excluding tert-OH is 1. The van der Waals surface area contributed by atoms with Gasteiger partial charge in [0.05, 0.1) is 18.8 Å². The van der Waals surface area contributed by atoms with Gasteiger partial charge in [0.15, 0.2) is 0 Å². The van der Waals surface area contributed by atoms with Crippen molar-refractivity contribution in [2.75, 3.05) is 13.1 Å². The highest BCUT2D eigenvalue weighted by atomic mass is 16.3. The maximum absolute atomic E-state index is 10.8. The summed E-state index contributed by atoms with van der Waals surface area (Å²) in [6, 6.07) is 14.8. The van der Waals surface area contributed by atoms with Gasteiger partial charge in [-0.15, -0.1) is 0 Å². The number of rotatable bonds is 4. The highest BCUT2D eigenvalue weighted by Crippen LogP contribution is 2.32. The smallest absolute Gasteiger partial charge is 0.140 e. The van der Waals surface area contributed by atoms with Crippen LogP contribution in [0, 0.1) is 5.92 Å². The van der Waals surface area contributed by atoms with E-state index in [1.54, 1.807) is 0 Å². The SMILES string of the molecule is CCn1cc(C(O)C2CC[NH2+]CC2)nc1-c1cccc2ccccc12. The lowest BCUT2D eigenvalue weighted by atomic mass is 9.91. The number of nitrogens with two attached hydrogens (primary N) is 1. The molecule has 4 nitrogen and oxygen atoms in total. The molecule has 1 aliphatic rings. The Kier molecular flexibility index (Phi) is 4.55. The van der Waals surface area contributed by atoms with Gasteiger partial charge in [0.25, 0.3) is 0 Å². The highest BCUT2D eigenvalue weighted by molar-refractivity contribution is 5.95. The van der Waals surface area contributed by atoms with Crippen molar-refractivity contribution in [1.29, 1.82) is 0 Å². The zero-order valence-electron chi connectivity index (χ0n) is 14.7. The largest absolute Gasteiger partial charge is 0.386 e. The van der Waals surface area contributed by atoms with Crippen LogP contribution in [0.1, 0.15) is 31.6 Å². The summed E-state index contributed by atoms with van der Waals surface area (Å²) in [6.07, 6.45) is 3.70. The molecule has 2 aromatic carbocycles. The zero-order valence-corrected chi connectivity index (χ0v) is 14.7. The number of hydrogen-bond acceptors (Lipinski definition) is 2. The van der Waals surface area contributed by atoms with Gasteiger partial charge in [0, 0.05) is 37.1 Å². The average Bonchev–Trinajstić information content (AvgIpc) is 3.12. The zero-order chi connectivity index (χ0) is 17.2. The molecule has 0 radical (unpaired) electrons. The quantitative estimate of drug-likeness (QED) is 0.770. The summed E-state index contributed by atoms with van der Waals surface area (Å²) in [5, 5.41) is 15.6. The van der Waals surface area contributed by atoms with Crippen LogP contribution in [-0.2, 0) is 6.54 Å². The van der Waals surface area contributed by atoms with Crippen LogP contribution in [0.5, 0.6) is 0 Å². The minimum absolute atomic E-state index is 0.325. The monoisotopic (exact) mass is 336 g/mol. The van der Waals surface area contributed by atoms with E-state index in [9.17, 15) is 5.11 Å². The first-order chi connectivity index (χ1) is 12.3. The Hall–Kier alpha value is -2.17. The predicted octanol–water partition coefficient (Wildman–Crippen LogP) is 2.73. The molecule has 0 aliphatic carbocycles. The second-order valence-electron chi connectivity index (χ2n) is 6.95. The Bertz CT molecular complexity index is 859. The summed E-state index contributed by atoms with van der Waals surface area (Å²) in [6.45, 7) is 5.18. The summed E-state index contributed by atoms with van der Waals surface area (Å²) in [5.41, 5.74) is 1.95. The summed E-state index contributed by atoms with van der Waals surface area (Å²) >= 11 is 0. The molecule has 0 bridgehead atoms. The molecule has 1 fully saturated rings. The van der Waals surface area contributed by atoms with Crippen molar-refractivity contribution in [3.8, 4) is 11.4 Å². The van der Waals surface area contributed by atoms with E-state index in [4.69, 9.17) is 4.98 Å². The molecule has 2 heterocycles. The minimum atomic E-state index is -0.463. The van der Waals surface area contributed by atoms with Gasteiger partial charge < -0.3 is 15.0 Å². The van der Waals surface area contributed by atoms with Gasteiger partial charge in [-0.05, 0) is 17.7 Å². The lowest BCUT2D eigenvalue weighted by Crippen LogP contribution is -2.86. The molecule has 3 N–H and O–H groups in total. The van der Waals surface area contributed by atoms with Crippen LogP contribution in [0.3, 0.4) is 0 Å². The number of imidazole rings is 1. The van der Waals surface area contributed by atoms with E-state index in [0.717, 1.165) is 49.6 Å². The third kappa shape index (κ3) is 3.08. The fourth-order valence-corrected chi connectivity index (χ4v) is 3.96. The molecule has 1 unspecified atom stereocenters. The van der Waals surface area contributed by atoms with Crippen molar-refractivity contribution in [2.45, 2.75) is 32.4 Å². The van der Waals surface area contributed by atoms with Crippen LogP contribution in [0.15, 0.2) is 48.7 Å². The highest BCUT2D eigenvalue weighted by Gasteiger charge is 2.27. The number of fused-ring (bicyclic) bond motifs is 1. The topological polar surface area (TPSA) is 54.7 Å². The average molecular weight is 336 g/mol. The minimum Gasteiger partial charge on any atom is -0.386 e. The molecular weight excluding hydrogens is 310 g/mol. The van der Waals surface area contributed by atoms with Gasteiger partial charge in [0.1, 0.15) is 11.9 Å². The van der Waals surface area contributed by atoms with E-state index >= 15 is 0 Å². The van der Waals surface area contributed by atoms with Crippen LogP contribution >= 0.6 is 0 Å². The van der Waals surface area contributed by atoms with E-state index in [1.807, 2.05) is 6.20 Å². The van der Waals surface area contributed by atoms with E-state index in [-0.39, 0.29) is 0 Å². The molecule has 1 atom stereocenters. The van der Waals surface area contributed by atoms with Crippen molar-refractivity contribution < 1.29 is 10.4 Å². The van der Waals surface area contributed by atoms with E-state index in [1.165, 1.54) is 10.8 Å². The fraction of sp³-hybridized carbons (Fsp3) is 0.381. The van der Waals surface area contributed by atoms with Gasteiger partial charge in [-0.3, -0.25) is 0 Å². The lowest BCUT2D eigenvalue weighted by Gasteiger charge is -2.24. The normalized spacial score (nSPS) is 17.0. The summed E-state index contributed by atoms with van der Waals surface area (Å²) in [4.78, 5) is 4.88. The third-order valence-electron chi connectivity index (χ3n) is 5.40. The molecule has 0 spiro atoms. The molecule has 1 aromatic heterocycles. The first kappa shape index (κ1) is 16.3. The number of quaternary nitrogens is 1. The molecule has 4 heteroatoms. The molecule has 1 saturated heterocycles. The number of nitrogens with zero attached hydrogens (tertiary/aromatic N) is 2. The van der Waals surface area contributed by atoms with E-state index in [2.05, 4.69) is 59.3 Å². The van der Waals surface area contributed by atoms with Crippen LogP contribution in [-0.4, -0.2) is 27.7 Å². The summed E-state index contributed by atoms with van der Waals surface area (Å²) in [5.74, 6) is 1.28. The fourth-order valence-electron chi connectivity index (χ4n) is 3.96. The molecule has 0 saturated carbocycles. The van der Waals surface area contributed by atoms with Gasteiger partial charge in [0.2, 0.25) is 0 Å². The Morgan fingerprint density at radius 3 is 2.72 bits per heavy atom. The Balaban J connectivity index is 1.76. The maximum Gasteiger partial charge on any atom is 0.140 e. The first-order valence-electron chi connectivity index (χ1n) is 9.33. The van der Waals surface area contributed by atoms with Gasteiger partial charge >= 0.3 is 0 Å². The van der Waals surface area contributed by atoms with Crippen molar-refractivity contribution in [2.24, 2.45) is 5.92 Å². The number of piperidine rings is 1. The van der Waals surface area contributed by atoms with Gasteiger partial charge in [-0.1, -0.05) is 42.5 Å². The molecular formula is C21H26N3O+. The molecule has 3 aromatic rings. The molecule has 0 amide bonds. The van der Waals surface area contributed by atoms with Gasteiger partial charge in [-0.2, -0.15) is 0 Å². The second-order valence-corrected chi connectivity index (χ2v) is 6.95. The van der Waals surface area contributed by atoms with Crippen molar-refractivity contribution in [3.05, 3.63) is 54.4 Å². The maximum atomic E-state index is 10.8. The van der Waals surface area contributed by atoms with Gasteiger partial charge in [-0.25, -0.2) is 4.98 Å². The van der Waals surface area contributed by atoms with Crippen LogP contribution < -0.4 is 5.32 Å². The summed E-state index contributed by atoms with van der Waals surface area (Å²) < 4.78 is 2.16. The van der Waals surface area contributed by atoms with Crippen LogP contribution in [0.25, 0.3) is 22.2 Å². The third-order valence-corrected chi connectivity index (χ3v) is 5.40.